The van der Waals surface area contributed by atoms with Crippen molar-refractivity contribution in [3.63, 3.8) is 0 Å². The number of hydrogen-bond donors (Lipinski definition) is 1. The van der Waals surface area contributed by atoms with Crippen LogP contribution in [-0.4, -0.2) is 13.5 Å². The van der Waals surface area contributed by atoms with Crippen LogP contribution in [-0.2, 0) is 15.3 Å². The molecule has 1 N–H and O–H groups in total. The summed E-state index contributed by atoms with van der Waals surface area (Å²) in [4.78, 5) is 0.136. The molecular formula is C27H23FO4S. The molecule has 0 saturated heterocycles. The summed E-state index contributed by atoms with van der Waals surface area (Å²) >= 11 is 0. The first-order chi connectivity index (χ1) is 15.7. The van der Waals surface area contributed by atoms with Gasteiger partial charge < -0.3 is 9.84 Å². The lowest BCUT2D eigenvalue weighted by Gasteiger charge is -2.26. The molecule has 4 aromatic rings. The van der Waals surface area contributed by atoms with E-state index in [1.165, 1.54) is 24.3 Å². The van der Waals surface area contributed by atoms with Crippen molar-refractivity contribution in [2.45, 2.75) is 29.1 Å². The van der Waals surface area contributed by atoms with E-state index in [0.29, 0.717) is 11.5 Å². The van der Waals surface area contributed by atoms with Crippen LogP contribution in [0, 0.1) is 5.82 Å². The van der Waals surface area contributed by atoms with Gasteiger partial charge in [0.25, 0.3) is 0 Å². The van der Waals surface area contributed by atoms with Gasteiger partial charge in [-0.1, -0.05) is 38.1 Å². The summed E-state index contributed by atoms with van der Waals surface area (Å²) in [5.41, 5.74) is 1.90. The van der Waals surface area contributed by atoms with Gasteiger partial charge in [-0.05, 0) is 83.9 Å². The van der Waals surface area contributed by atoms with E-state index < -0.39 is 15.7 Å². The van der Waals surface area contributed by atoms with Gasteiger partial charge in [0.05, 0.1) is 9.79 Å². The summed E-state index contributed by atoms with van der Waals surface area (Å²) in [6, 6.07) is 25.7. The Balaban J connectivity index is 1.49. The van der Waals surface area contributed by atoms with Crippen molar-refractivity contribution in [1.82, 2.24) is 0 Å². The predicted octanol–water partition coefficient (Wildman–Crippen LogP) is 6.48. The molecule has 0 fully saturated rings. The number of rotatable bonds is 6. The highest BCUT2D eigenvalue weighted by molar-refractivity contribution is 7.91. The summed E-state index contributed by atoms with van der Waals surface area (Å²) < 4.78 is 44.4. The van der Waals surface area contributed by atoms with Crippen LogP contribution in [0.5, 0.6) is 17.2 Å². The lowest BCUT2D eigenvalue weighted by molar-refractivity contribution is 0.474. The van der Waals surface area contributed by atoms with E-state index in [9.17, 15) is 17.9 Å². The summed E-state index contributed by atoms with van der Waals surface area (Å²) in [6.07, 6.45) is 0. The smallest absolute Gasteiger partial charge is 0.206 e. The molecule has 168 valence electrons. The maximum atomic E-state index is 13.1. The second-order valence-corrected chi connectivity index (χ2v) is 10.2. The minimum absolute atomic E-state index is 0.0319. The van der Waals surface area contributed by atoms with E-state index in [-0.39, 0.29) is 21.0 Å². The zero-order valence-electron chi connectivity index (χ0n) is 18.2. The molecule has 0 saturated carbocycles. The zero-order valence-corrected chi connectivity index (χ0v) is 19.0. The van der Waals surface area contributed by atoms with Gasteiger partial charge in [0.2, 0.25) is 9.84 Å². The maximum absolute atomic E-state index is 13.1. The fourth-order valence-electron chi connectivity index (χ4n) is 3.56. The van der Waals surface area contributed by atoms with Gasteiger partial charge in [0, 0.05) is 5.41 Å². The number of phenolic OH excluding ortho intramolecular Hbond substituents is 1. The molecule has 0 aliphatic heterocycles. The topological polar surface area (TPSA) is 63.6 Å². The van der Waals surface area contributed by atoms with Crippen LogP contribution in [0.3, 0.4) is 0 Å². The summed E-state index contributed by atoms with van der Waals surface area (Å²) in [5, 5.41) is 9.54. The van der Waals surface area contributed by atoms with Crippen LogP contribution < -0.4 is 4.74 Å². The minimum Gasteiger partial charge on any atom is -0.508 e. The Morgan fingerprint density at radius 1 is 0.667 bits per heavy atom. The molecule has 0 bridgehead atoms. The number of aromatic hydroxyl groups is 1. The lowest BCUT2D eigenvalue weighted by atomic mass is 9.78. The molecule has 6 heteroatoms. The Morgan fingerprint density at radius 2 is 1.06 bits per heavy atom. The molecular weight excluding hydrogens is 439 g/mol. The third-order valence-corrected chi connectivity index (χ3v) is 7.44. The number of ether oxygens (including phenoxy) is 1. The Bertz CT molecular complexity index is 1340. The highest BCUT2D eigenvalue weighted by Crippen LogP contribution is 2.34. The average Bonchev–Trinajstić information content (AvgIpc) is 2.80. The lowest BCUT2D eigenvalue weighted by Crippen LogP contribution is -2.18. The Morgan fingerprint density at radius 3 is 1.55 bits per heavy atom. The van der Waals surface area contributed by atoms with Crippen molar-refractivity contribution in [3.05, 3.63) is 114 Å². The number of sulfone groups is 1. The molecule has 0 radical (unpaired) electrons. The SMILES string of the molecule is CC(C)(c1ccc(O)cc1)c1ccc(Oc2ccc(S(=O)(=O)c3ccc(F)cc3)cc2)cc1. The summed E-state index contributed by atoms with van der Waals surface area (Å²) in [6.45, 7) is 4.21. The van der Waals surface area contributed by atoms with Gasteiger partial charge in [-0.15, -0.1) is 0 Å². The van der Waals surface area contributed by atoms with E-state index in [0.717, 1.165) is 23.3 Å². The van der Waals surface area contributed by atoms with Gasteiger partial charge in [-0.25, -0.2) is 12.8 Å². The first kappa shape index (κ1) is 22.6. The highest BCUT2D eigenvalue weighted by Gasteiger charge is 2.23. The standard InChI is InChI=1S/C27H23FO4S/c1-27(2,19-3-9-22(29)10-4-19)20-5-11-23(12-6-20)32-24-13-17-26(18-14-24)33(30,31)25-15-7-21(28)8-16-25/h3-18,29H,1-2H3. The Hall–Kier alpha value is -3.64. The van der Waals surface area contributed by atoms with E-state index >= 15 is 0 Å². The van der Waals surface area contributed by atoms with Crippen LogP contribution in [0.25, 0.3) is 0 Å². The largest absolute Gasteiger partial charge is 0.508 e. The first-order valence-electron chi connectivity index (χ1n) is 10.3. The molecule has 0 heterocycles. The fourth-order valence-corrected chi connectivity index (χ4v) is 4.82. The van der Waals surface area contributed by atoms with Gasteiger partial charge in [-0.3, -0.25) is 0 Å². The van der Waals surface area contributed by atoms with Crippen LogP contribution in [0.4, 0.5) is 4.39 Å². The second kappa shape index (κ2) is 8.71. The summed E-state index contributed by atoms with van der Waals surface area (Å²) in [5.74, 6) is 0.859. The van der Waals surface area contributed by atoms with E-state index in [2.05, 4.69) is 13.8 Å². The molecule has 0 spiro atoms. The molecule has 33 heavy (non-hydrogen) atoms. The molecule has 4 nitrogen and oxygen atoms in total. The van der Waals surface area contributed by atoms with Crippen LogP contribution in [0.2, 0.25) is 0 Å². The Labute approximate surface area is 192 Å². The van der Waals surface area contributed by atoms with Crippen molar-refractivity contribution in [3.8, 4) is 17.2 Å². The van der Waals surface area contributed by atoms with Crippen molar-refractivity contribution < 1.29 is 22.7 Å². The fraction of sp³-hybridized carbons (Fsp3) is 0.111. The molecule has 0 aliphatic rings. The van der Waals surface area contributed by atoms with Gasteiger partial charge in [0.1, 0.15) is 23.1 Å². The van der Waals surface area contributed by atoms with E-state index in [1.54, 1.807) is 24.3 Å². The van der Waals surface area contributed by atoms with Gasteiger partial charge in [0.15, 0.2) is 0 Å². The van der Waals surface area contributed by atoms with Gasteiger partial charge >= 0.3 is 0 Å². The second-order valence-electron chi connectivity index (χ2n) is 8.23. The van der Waals surface area contributed by atoms with Crippen LogP contribution in [0.1, 0.15) is 25.0 Å². The average molecular weight is 463 g/mol. The molecule has 4 aromatic carbocycles. The van der Waals surface area contributed by atoms with Crippen molar-refractivity contribution in [1.29, 1.82) is 0 Å². The van der Waals surface area contributed by atoms with Crippen molar-refractivity contribution in [2.75, 3.05) is 0 Å². The quantitative estimate of drug-likeness (QED) is 0.333. The predicted molar refractivity (Wildman–Crippen MR) is 125 cm³/mol. The monoisotopic (exact) mass is 462 g/mol. The maximum Gasteiger partial charge on any atom is 0.206 e. The summed E-state index contributed by atoms with van der Waals surface area (Å²) in [7, 11) is -3.73. The first-order valence-corrected chi connectivity index (χ1v) is 11.8. The molecule has 0 aliphatic carbocycles. The normalized spacial score (nSPS) is 11.8. The van der Waals surface area contributed by atoms with E-state index in [1.807, 2.05) is 36.4 Å². The molecule has 0 unspecified atom stereocenters. The highest BCUT2D eigenvalue weighted by atomic mass is 32.2. The zero-order chi connectivity index (χ0) is 23.6. The minimum atomic E-state index is -3.73. The number of hydrogen-bond acceptors (Lipinski definition) is 4. The number of phenols is 1. The van der Waals surface area contributed by atoms with Crippen molar-refractivity contribution in [2.24, 2.45) is 0 Å². The molecule has 4 rings (SSSR count). The Kier molecular flexibility index (Phi) is 5.95. The van der Waals surface area contributed by atoms with E-state index in [4.69, 9.17) is 4.74 Å². The third-order valence-electron chi connectivity index (χ3n) is 5.66. The molecule has 0 amide bonds. The van der Waals surface area contributed by atoms with Gasteiger partial charge in [-0.2, -0.15) is 0 Å². The number of halogens is 1. The van der Waals surface area contributed by atoms with Crippen molar-refractivity contribution >= 4 is 9.84 Å². The van der Waals surface area contributed by atoms with Crippen LogP contribution >= 0.6 is 0 Å². The third kappa shape index (κ3) is 4.76. The molecule has 0 atom stereocenters. The van der Waals surface area contributed by atoms with Crippen LogP contribution in [0.15, 0.2) is 107 Å². The molecule has 0 aromatic heterocycles. The number of benzene rings is 4.